The van der Waals surface area contributed by atoms with Crippen LogP contribution >= 0.6 is 0 Å². The van der Waals surface area contributed by atoms with Crippen molar-refractivity contribution in [1.29, 1.82) is 0 Å². The smallest absolute Gasteiger partial charge is 0.248 e. The highest BCUT2D eigenvalue weighted by molar-refractivity contribution is 6.02. The van der Waals surface area contributed by atoms with Crippen LogP contribution in [-0.4, -0.2) is 28.1 Å². The van der Waals surface area contributed by atoms with Gasteiger partial charge >= 0.3 is 0 Å². The van der Waals surface area contributed by atoms with Gasteiger partial charge in [0, 0.05) is 49.2 Å². The van der Waals surface area contributed by atoms with Crippen molar-refractivity contribution in [2.45, 2.75) is 27.2 Å². The number of amides is 2. The molecule has 2 aromatic rings. The second kappa shape index (κ2) is 6.55. The lowest BCUT2D eigenvalue weighted by Gasteiger charge is -2.14. The molecule has 6 heteroatoms. The highest BCUT2D eigenvalue weighted by atomic mass is 16.2. The molecule has 0 saturated heterocycles. The molecule has 1 aromatic carbocycles. The number of nitrogens with zero attached hydrogens (tertiary/aromatic N) is 3. The summed E-state index contributed by atoms with van der Waals surface area (Å²) >= 11 is 0. The van der Waals surface area contributed by atoms with Gasteiger partial charge < -0.3 is 10.2 Å². The SMILES string of the molecule is CC(=O)N1CCc2cc(NC(=O)/C=C/c3c(C)nn(C)c3C)ccc21. The van der Waals surface area contributed by atoms with Gasteiger partial charge in [0.2, 0.25) is 11.8 Å². The summed E-state index contributed by atoms with van der Waals surface area (Å²) in [4.78, 5) is 25.5. The van der Waals surface area contributed by atoms with Crippen molar-refractivity contribution in [3.8, 4) is 0 Å². The summed E-state index contributed by atoms with van der Waals surface area (Å²) in [7, 11) is 1.88. The van der Waals surface area contributed by atoms with Crippen LogP contribution in [0.25, 0.3) is 6.08 Å². The number of carbonyl (C=O) groups excluding carboxylic acids is 2. The van der Waals surface area contributed by atoms with Gasteiger partial charge in [0.05, 0.1) is 5.69 Å². The van der Waals surface area contributed by atoms with Crippen molar-refractivity contribution in [2.75, 3.05) is 16.8 Å². The fourth-order valence-electron chi connectivity index (χ4n) is 3.18. The highest BCUT2D eigenvalue weighted by Crippen LogP contribution is 2.30. The third-order valence-corrected chi connectivity index (χ3v) is 4.59. The molecule has 0 atom stereocenters. The van der Waals surface area contributed by atoms with Crippen LogP contribution in [0.5, 0.6) is 0 Å². The molecule has 1 N–H and O–H groups in total. The number of anilines is 2. The molecule has 3 rings (SSSR count). The molecule has 2 heterocycles. The molecule has 0 aliphatic carbocycles. The van der Waals surface area contributed by atoms with E-state index in [1.54, 1.807) is 22.6 Å². The Labute approximate surface area is 147 Å². The Hall–Kier alpha value is -2.89. The van der Waals surface area contributed by atoms with Gasteiger partial charge in [-0.15, -0.1) is 0 Å². The average molecular weight is 338 g/mol. The number of hydrogen-bond donors (Lipinski definition) is 1. The third-order valence-electron chi connectivity index (χ3n) is 4.59. The zero-order chi connectivity index (χ0) is 18.1. The first kappa shape index (κ1) is 17.0. The molecule has 0 unspecified atom stereocenters. The lowest BCUT2D eigenvalue weighted by Crippen LogP contribution is -2.25. The van der Waals surface area contributed by atoms with E-state index in [1.807, 2.05) is 39.1 Å². The Morgan fingerprint density at radius 3 is 2.68 bits per heavy atom. The maximum atomic E-state index is 12.2. The Morgan fingerprint density at radius 2 is 2.04 bits per heavy atom. The van der Waals surface area contributed by atoms with E-state index >= 15 is 0 Å². The number of nitrogens with one attached hydrogen (secondary N) is 1. The first-order valence-electron chi connectivity index (χ1n) is 8.27. The summed E-state index contributed by atoms with van der Waals surface area (Å²) in [5.41, 5.74) is 5.62. The number of aromatic nitrogens is 2. The summed E-state index contributed by atoms with van der Waals surface area (Å²) in [6.07, 6.45) is 4.12. The molecule has 1 aromatic heterocycles. The molecule has 0 radical (unpaired) electrons. The maximum Gasteiger partial charge on any atom is 0.248 e. The van der Waals surface area contributed by atoms with Gasteiger partial charge in [0.1, 0.15) is 0 Å². The van der Waals surface area contributed by atoms with E-state index < -0.39 is 0 Å². The first-order chi connectivity index (χ1) is 11.9. The minimum absolute atomic E-state index is 0.0423. The number of fused-ring (bicyclic) bond motifs is 1. The fourth-order valence-corrected chi connectivity index (χ4v) is 3.18. The maximum absolute atomic E-state index is 12.2. The van der Waals surface area contributed by atoms with Crippen molar-refractivity contribution >= 4 is 29.3 Å². The molecule has 0 saturated carbocycles. The Kier molecular flexibility index (Phi) is 4.44. The van der Waals surface area contributed by atoms with Gasteiger partial charge in [-0.25, -0.2) is 0 Å². The molecule has 0 bridgehead atoms. The topological polar surface area (TPSA) is 67.2 Å². The van der Waals surface area contributed by atoms with Gasteiger partial charge in [0.15, 0.2) is 0 Å². The first-order valence-corrected chi connectivity index (χ1v) is 8.27. The molecule has 6 nitrogen and oxygen atoms in total. The molecule has 130 valence electrons. The zero-order valence-electron chi connectivity index (χ0n) is 15.0. The number of rotatable bonds is 3. The van der Waals surface area contributed by atoms with Gasteiger partial charge in [0.25, 0.3) is 0 Å². The fraction of sp³-hybridized carbons (Fsp3) is 0.316. The van der Waals surface area contributed by atoms with Crippen LogP contribution in [0.15, 0.2) is 24.3 Å². The normalized spacial score (nSPS) is 13.4. The molecule has 0 spiro atoms. The molecule has 25 heavy (non-hydrogen) atoms. The van der Waals surface area contributed by atoms with Crippen LogP contribution in [0, 0.1) is 13.8 Å². The Balaban J connectivity index is 1.72. The lowest BCUT2D eigenvalue weighted by atomic mass is 10.1. The third kappa shape index (κ3) is 3.33. The van der Waals surface area contributed by atoms with Crippen molar-refractivity contribution in [3.63, 3.8) is 0 Å². The summed E-state index contributed by atoms with van der Waals surface area (Å²) in [6, 6.07) is 5.65. The van der Waals surface area contributed by atoms with E-state index in [1.165, 1.54) is 6.08 Å². The van der Waals surface area contributed by atoms with Gasteiger partial charge in [-0.3, -0.25) is 14.3 Å². The van der Waals surface area contributed by atoms with Gasteiger partial charge in [-0.1, -0.05) is 0 Å². The molecule has 2 amide bonds. The monoisotopic (exact) mass is 338 g/mol. The molecule has 1 aliphatic rings. The number of aryl methyl sites for hydroxylation is 2. The zero-order valence-corrected chi connectivity index (χ0v) is 15.0. The van der Waals surface area contributed by atoms with Crippen molar-refractivity contribution in [2.24, 2.45) is 7.05 Å². The predicted molar refractivity (Wildman–Crippen MR) is 98.5 cm³/mol. The Bertz CT molecular complexity index is 880. The van der Waals surface area contributed by atoms with Crippen molar-refractivity contribution in [1.82, 2.24) is 9.78 Å². The minimum Gasteiger partial charge on any atom is -0.323 e. The predicted octanol–water partition coefficient (Wildman–Crippen LogP) is 2.60. The van der Waals surface area contributed by atoms with Gasteiger partial charge in [-0.05, 0) is 50.1 Å². The van der Waals surface area contributed by atoms with E-state index in [9.17, 15) is 9.59 Å². The number of benzene rings is 1. The molecular formula is C19H22N4O2. The second-order valence-corrected chi connectivity index (χ2v) is 6.29. The van der Waals surface area contributed by atoms with Crippen LogP contribution in [0.3, 0.4) is 0 Å². The quantitative estimate of drug-likeness (QED) is 0.875. The van der Waals surface area contributed by atoms with E-state index in [2.05, 4.69) is 10.4 Å². The van der Waals surface area contributed by atoms with Crippen LogP contribution in [-0.2, 0) is 23.1 Å². The average Bonchev–Trinajstić information content (AvgIpc) is 3.07. The highest BCUT2D eigenvalue weighted by Gasteiger charge is 2.22. The van der Waals surface area contributed by atoms with E-state index in [-0.39, 0.29) is 11.8 Å². The van der Waals surface area contributed by atoms with Crippen LogP contribution < -0.4 is 10.2 Å². The minimum atomic E-state index is -0.191. The standard InChI is InChI=1S/C19H22N4O2/c1-12-17(13(2)22(4)21-12)6-8-19(25)20-16-5-7-18-15(11-16)9-10-23(18)14(3)24/h5-8,11H,9-10H2,1-4H3,(H,20,25)/b8-6+. The van der Waals surface area contributed by atoms with E-state index in [0.717, 1.165) is 40.3 Å². The van der Waals surface area contributed by atoms with Crippen LogP contribution in [0.2, 0.25) is 0 Å². The van der Waals surface area contributed by atoms with Crippen LogP contribution in [0.1, 0.15) is 29.4 Å². The molecule has 1 aliphatic heterocycles. The van der Waals surface area contributed by atoms with Crippen LogP contribution in [0.4, 0.5) is 11.4 Å². The summed E-state index contributed by atoms with van der Waals surface area (Å²) in [5.74, 6) is -0.148. The van der Waals surface area contributed by atoms with Crippen molar-refractivity contribution in [3.05, 3.63) is 46.8 Å². The summed E-state index contributed by atoms with van der Waals surface area (Å²) in [5, 5.41) is 7.21. The van der Waals surface area contributed by atoms with E-state index in [0.29, 0.717) is 6.54 Å². The Morgan fingerprint density at radius 1 is 1.28 bits per heavy atom. The molecular weight excluding hydrogens is 316 g/mol. The number of carbonyl (C=O) groups is 2. The van der Waals surface area contributed by atoms with E-state index in [4.69, 9.17) is 0 Å². The van der Waals surface area contributed by atoms with Gasteiger partial charge in [-0.2, -0.15) is 5.10 Å². The summed E-state index contributed by atoms with van der Waals surface area (Å²) in [6.45, 7) is 6.16. The van der Waals surface area contributed by atoms with Crippen molar-refractivity contribution < 1.29 is 9.59 Å². The number of hydrogen-bond acceptors (Lipinski definition) is 3. The largest absolute Gasteiger partial charge is 0.323 e. The summed E-state index contributed by atoms with van der Waals surface area (Å²) < 4.78 is 1.80. The lowest BCUT2D eigenvalue weighted by molar-refractivity contribution is -0.116. The second-order valence-electron chi connectivity index (χ2n) is 6.29. The molecule has 0 fully saturated rings.